The largest absolute Gasteiger partial charge is 0.507 e. The van der Waals surface area contributed by atoms with Crippen molar-refractivity contribution >= 4 is 56.8 Å². The number of nitrogens with zero attached hydrogens (tertiary/aromatic N) is 4. The van der Waals surface area contributed by atoms with Crippen molar-refractivity contribution in [1.29, 1.82) is 0 Å². The Bertz CT molecular complexity index is 1460. The molecule has 0 saturated heterocycles. The molecule has 0 unspecified atom stereocenters. The van der Waals surface area contributed by atoms with E-state index in [9.17, 15) is 30.4 Å². The van der Waals surface area contributed by atoms with Gasteiger partial charge in [0.2, 0.25) is 0 Å². The molecule has 0 atom stereocenters. The van der Waals surface area contributed by atoms with Crippen molar-refractivity contribution in [1.82, 2.24) is 0 Å². The maximum Gasteiger partial charge on any atom is 0.270 e. The molecule has 0 aliphatic heterocycles. The molecule has 0 aliphatic rings. The molecule has 0 amide bonds. The van der Waals surface area contributed by atoms with Crippen LogP contribution >= 0.6 is 21.6 Å². The number of phenolic OH excluding ortho intramolecular Hbond substituents is 2. The highest BCUT2D eigenvalue weighted by Crippen LogP contribution is 2.45. The third-order valence-electron chi connectivity index (χ3n) is 5.08. The van der Waals surface area contributed by atoms with Gasteiger partial charge in [0, 0.05) is 57.6 Å². The summed E-state index contributed by atoms with van der Waals surface area (Å²) in [6.45, 7) is 0. The molecule has 0 fully saturated rings. The summed E-state index contributed by atoms with van der Waals surface area (Å²) in [6, 6.07) is 22.0. The van der Waals surface area contributed by atoms with E-state index in [1.807, 2.05) is 24.3 Å². The van der Waals surface area contributed by atoms with Gasteiger partial charge in [-0.15, -0.1) is 0 Å². The number of non-ortho nitro benzene ring substituents is 2. The van der Waals surface area contributed by atoms with Crippen molar-refractivity contribution in [2.75, 3.05) is 0 Å². The quantitative estimate of drug-likeness (QED) is 0.0966. The minimum atomic E-state index is -0.544. The molecule has 2 N–H and O–H groups in total. The van der Waals surface area contributed by atoms with E-state index >= 15 is 0 Å². The Labute approximate surface area is 224 Å². The first-order chi connectivity index (χ1) is 18.3. The van der Waals surface area contributed by atoms with Gasteiger partial charge >= 0.3 is 0 Å². The molecule has 190 valence electrons. The summed E-state index contributed by atoms with van der Waals surface area (Å²) in [6.07, 6.45) is 2.74. The monoisotopic (exact) mass is 546 g/mol. The summed E-state index contributed by atoms with van der Waals surface area (Å²) < 4.78 is 0. The lowest BCUT2D eigenvalue weighted by molar-refractivity contribution is -0.385. The van der Waals surface area contributed by atoms with E-state index in [2.05, 4.69) is 9.98 Å². The maximum atomic E-state index is 11.0. The molecule has 4 aromatic rings. The van der Waals surface area contributed by atoms with Gasteiger partial charge in [-0.2, -0.15) is 0 Å². The number of nitro groups is 2. The van der Waals surface area contributed by atoms with E-state index in [1.165, 1.54) is 70.4 Å². The number of aromatic hydroxyl groups is 2. The standard InChI is InChI=1S/C26H18N4O6S2/c31-23-11-9-19(29(33)34)13-17(23)15-27-21-5-1-3-7-25(21)37-38-26-8-4-2-6-22(26)28-16-18-14-20(30(35)36)10-12-24(18)32/h1-16,31-32H. The SMILES string of the molecule is O=[N+]([O-])c1ccc(O)c(C=Nc2ccccc2SSc2ccccc2N=Cc2cc([N+](=O)[O-])ccc2O)c1. The lowest BCUT2D eigenvalue weighted by Gasteiger charge is -2.07. The highest BCUT2D eigenvalue weighted by Gasteiger charge is 2.11. The molecule has 0 radical (unpaired) electrons. The zero-order chi connectivity index (χ0) is 27.1. The molecular formula is C26H18N4O6S2. The predicted octanol–water partition coefficient (Wildman–Crippen LogP) is 7.21. The fraction of sp³-hybridized carbons (Fsp3) is 0. The summed E-state index contributed by atoms with van der Waals surface area (Å²) in [7, 11) is 2.82. The normalized spacial score (nSPS) is 11.3. The van der Waals surface area contributed by atoms with Crippen LogP contribution in [-0.4, -0.2) is 32.5 Å². The first-order valence-corrected chi connectivity index (χ1v) is 13.0. The number of nitro benzene ring substituents is 2. The molecule has 0 aromatic heterocycles. The van der Waals surface area contributed by atoms with Gasteiger partial charge in [0.1, 0.15) is 11.5 Å². The van der Waals surface area contributed by atoms with Crippen LogP contribution in [-0.2, 0) is 0 Å². The van der Waals surface area contributed by atoms with Crippen LogP contribution in [0.25, 0.3) is 0 Å². The lowest BCUT2D eigenvalue weighted by atomic mass is 10.2. The summed E-state index contributed by atoms with van der Waals surface area (Å²) in [5.74, 6) is -0.249. The molecule has 12 heteroatoms. The van der Waals surface area contributed by atoms with Gasteiger partial charge < -0.3 is 10.2 Å². The third kappa shape index (κ3) is 6.55. The van der Waals surface area contributed by atoms with Crippen molar-refractivity contribution in [3.63, 3.8) is 0 Å². The van der Waals surface area contributed by atoms with Crippen molar-refractivity contribution in [3.8, 4) is 11.5 Å². The molecule has 0 saturated carbocycles. The number of para-hydroxylation sites is 2. The Morgan fingerprint density at radius 2 is 1.03 bits per heavy atom. The average Bonchev–Trinajstić information content (AvgIpc) is 2.91. The van der Waals surface area contributed by atoms with Crippen molar-refractivity contribution in [2.24, 2.45) is 9.98 Å². The third-order valence-corrected chi connectivity index (χ3v) is 7.54. The number of aliphatic imine (C=N–C) groups is 2. The van der Waals surface area contributed by atoms with Crippen molar-refractivity contribution in [3.05, 3.63) is 116 Å². The molecule has 0 bridgehead atoms. The molecule has 0 heterocycles. The molecule has 38 heavy (non-hydrogen) atoms. The number of rotatable bonds is 9. The molecule has 10 nitrogen and oxygen atoms in total. The van der Waals surface area contributed by atoms with Gasteiger partial charge in [-0.25, -0.2) is 0 Å². The van der Waals surface area contributed by atoms with Gasteiger partial charge in [-0.3, -0.25) is 30.2 Å². The van der Waals surface area contributed by atoms with Crippen LogP contribution in [0.2, 0.25) is 0 Å². The number of benzene rings is 4. The Morgan fingerprint density at radius 1 is 0.632 bits per heavy atom. The highest BCUT2D eigenvalue weighted by atomic mass is 33.1. The number of hydrogen-bond donors (Lipinski definition) is 2. The van der Waals surface area contributed by atoms with E-state index in [-0.39, 0.29) is 34.0 Å². The Hall–Kier alpha value is -4.68. The minimum Gasteiger partial charge on any atom is -0.507 e. The van der Waals surface area contributed by atoms with Crippen LogP contribution in [0.4, 0.5) is 22.7 Å². The Kier molecular flexibility index (Phi) is 8.36. The fourth-order valence-electron chi connectivity index (χ4n) is 3.15. The van der Waals surface area contributed by atoms with Gasteiger partial charge in [0.15, 0.2) is 0 Å². The van der Waals surface area contributed by atoms with Gasteiger partial charge in [0.05, 0.1) is 21.2 Å². The van der Waals surface area contributed by atoms with Crippen LogP contribution in [0.1, 0.15) is 11.1 Å². The molecule has 4 aromatic carbocycles. The van der Waals surface area contributed by atoms with Crippen molar-refractivity contribution in [2.45, 2.75) is 9.79 Å². The van der Waals surface area contributed by atoms with Gasteiger partial charge in [-0.05, 0) is 36.4 Å². The van der Waals surface area contributed by atoms with Gasteiger partial charge in [-0.1, -0.05) is 45.9 Å². The topological polar surface area (TPSA) is 151 Å². The predicted molar refractivity (Wildman–Crippen MR) is 149 cm³/mol. The smallest absolute Gasteiger partial charge is 0.270 e. The summed E-state index contributed by atoms with van der Waals surface area (Å²) in [4.78, 5) is 31.5. The van der Waals surface area contributed by atoms with E-state index in [1.54, 1.807) is 24.3 Å². The number of hydrogen-bond acceptors (Lipinski definition) is 10. The van der Waals surface area contributed by atoms with E-state index in [0.29, 0.717) is 11.4 Å². The molecule has 0 aliphatic carbocycles. The van der Waals surface area contributed by atoms with Crippen LogP contribution in [0.3, 0.4) is 0 Å². The van der Waals surface area contributed by atoms with Crippen molar-refractivity contribution < 1.29 is 20.1 Å². The van der Waals surface area contributed by atoms with Crippen LogP contribution in [0, 0.1) is 20.2 Å². The molecular weight excluding hydrogens is 528 g/mol. The minimum absolute atomic E-state index is 0.125. The van der Waals surface area contributed by atoms with Crippen LogP contribution in [0.5, 0.6) is 11.5 Å². The Balaban J connectivity index is 1.54. The fourth-order valence-corrected chi connectivity index (χ4v) is 5.40. The second kappa shape index (κ2) is 12.0. The lowest BCUT2D eigenvalue weighted by Crippen LogP contribution is -1.90. The van der Waals surface area contributed by atoms with Crippen LogP contribution in [0.15, 0.2) is 105 Å². The highest BCUT2D eigenvalue weighted by molar-refractivity contribution is 8.76. The molecule has 4 rings (SSSR count). The van der Waals surface area contributed by atoms with Crippen LogP contribution < -0.4 is 0 Å². The van der Waals surface area contributed by atoms with E-state index in [0.717, 1.165) is 9.79 Å². The number of phenols is 2. The second-order valence-corrected chi connectivity index (χ2v) is 9.83. The summed E-state index contributed by atoms with van der Waals surface area (Å²) in [5, 5.41) is 42.2. The van der Waals surface area contributed by atoms with E-state index in [4.69, 9.17) is 0 Å². The summed E-state index contributed by atoms with van der Waals surface area (Å²) in [5.41, 5.74) is 1.32. The van der Waals surface area contributed by atoms with Gasteiger partial charge in [0.25, 0.3) is 11.4 Å². The Morgan fingerprint density at radius 3 is 1.42 bits per heavy atom. The summed E-state index contributed by atoms with van der Waals surface area (Å²) >= 11 is 0. The average molecular weight is 547 g/mol. The van der Waals surface area contributed by atoms with E-state index < -0.39 is 9.85 Å². The first kappa shape index (κ1) is 26.4. The first-order valence-electron chi connectivity index (χ1n) is 10.9. The molecule has 0 spiro atoms. The maximum absolute atomic E-state index is 11.0. The second-order valence-electron chi connectivity index (χ2n) is 7.62. The zero-order valence-corrected chi connectivity index (χ0v) is 21.0. The zero-order valence-electron chi connectivity index (χ0n) is 19.4.